The van der Waals surface area contributed by atoms with Crippen molar-refractivity contribution < 1.29 is 4.79 Å². The summed E-state index contributed by atoms with van der Waals surface area (Å²) in [7, 11) is 1.94. The van der Waals surface area contributed by atoms with Gasteiger partial charge in [0.2, 0.25) is 5.91 Å². The van der Waals surface area contributed by atoms with Gasteiger partial charge in [0.15, 0.2) is 11.0 Å². The van der Waals surface area contributed by atoms with Crippen LogP contribution in [-0.4, -0.2) is 25.9 Å². The molecule has 1 amide bonds. The predicted molar refractivity (Wildman–Crippen MR) is 109 cm³/mol. The van der Waals surface area contributed by atoms with E-state index in [1.54, 1.807) is 0 Å². The second-order valence-electron chi connectivity index (χ2n) is 6.45. The first kappa shape index (κ1) is 19.2. The van der Waals surface area contributed by atoms with E-state index in [0.717, 1.165) is 28.5 Å². The lowest BCUT2D eigenvalue weighted by Gasteiger charge is -2.14. The Kier molecular flexibility index (Phi) is 6.29. The molecule has 0 aliphatic rings. The van der Waals surface area contributed by atoms with Gasteiger partial charge in [0.25, 0.3) is 0 Å². The molecule has 5 nitrogen and oxygen atoms in total. The number of hydrogen-bond acceptors (Lipinski definition) is 4. The van der Waals surface area contributed by atoms with Crippen LogP contribution in [0.25, 0.3) is 11.4 Å². The molecule has 0 fully saturated rings. The topological polar surface area (TPSA) is 59.8 Å². The molecule has 0 saturated carbocycles. The van der Waals surface area contributed by atoms with Gasteiger partial charge in [0.05, 0.1) is 5.25 Å². The monoisotopic (exact) mass is 380 g/mol. The molecule has 2 aromatic carbocycles. The molecule has 1 aromatic heterocycles. The zero-order valence-corrected chi connectivity index (χ0v) is 16.7. The van der Waals surface area contributed by atoms with Gasteiger partial charge in [-0.3, -0.25) is 4.79 Å². The lowest BCUT2D eigenvalue weighted by atomic mass is 10.1. The van der Waals surface area contributed by atoms with Crippen LogP contribution in [0.5, 0.6) is 0 Å². The minimum absolute atomic E-state index is 0.0197. The van der Waals surface area contributed by atoms with Crippen LogP contribution in [0.15, 0.2) is 59.8 Å². The summed E-state index contributed by atoms with van der Waals surface area (Å²) < 4.78 is 1.95. The Morgan fingerprint density at radius 3 is 2.48 bits per heavy atom. The highest BCUT2D eigenvalue weighted by Gasteiger charge is 2.21. The van der Waals surface area contributed by atoms with Crippen molar-refractivity contribution in [3.63, 3.8) is 0 Å². The van der Waals surface area contributed by atoms with Gasteiger partial charge in [-0.25, -0.2) is 0 Å². The van der Waals surface area contributed by atoms with Gasteiger partial charge in [0, 0.05) is 19.2 Å². The Bertz CT molecular complexity index is 890. The number of aryl methyl sites for hydroxylation is 1. The SMILES string of the molecule is CCC(Sc1nnc(-c2ccc(C)cc2)n1C)C(=O)NCc1ccccc1. The molecule has 1 atom stereocenters. The number of thioether (sulfide) groups is 1. The smallest absolute Gasteiger partial charge is 0.233 e. The lowest BCUT2D eigenvalue weighted by molar-refractivity contribution is -0.120. The highest BCUT2D eigenvalue weighted by Crippen LogP contribution is 2.27. The highest BCUT2D eigenvalue weighted by molar-refractivity contribution is 8.00. The van der Waals surface area contributed by atoms with Gasteiger partial charge < -0.3 is 9.88 Å². The molecule has 0 aliphatic heterocycles. The van der Waals surface area contributed by atoms with Crippen molar-refractivity contribution >= 4 is 17.7 Å². The first-order valence-electron chi connectivity index (χ1n) is 9.03. The van der Waals surface area contributed by atoms with Gasteiger partial charge in [0.1, 0.15) is 0 Å². The summed E-state index contributed by atoms with van der Waals surface area (Å²) in [4.78, 5) is 12.6. The van der Waals surface area contributed by atoms with E-state index in [2.05, 4.69) is 34.6 Å². The second kappa shape index (κ2) is 8.86. The van der Waals surface area contributed by atoms with Crippen molar-refractivity contribution in [3.05, 3.63) is 65.7 Å². The summed E-state index contributed by atoms with van der Waals surface area (Å²) in [5.74, 6) is 0.822. The molecule has 6 heteroatoms. The quantitative estimate of drug-likeness (QED) is 0.630. The Morgan fingerprint density at radius 1 is 1.11 bits per heavy atom. The van der Waals surface area contributed by atoms with Gasteiger partial charge in [-0.1, -0.05) is 78.8 Å². The van der Waals surface area contributed by atoms with Crippen LogP contribution < -0.4 is 5.32 Å². The van der Waals surface area contributed by atoms with Crippen LogP contribution in [0.1, 0.15) is 24.5 Å². The average molecular weight is 381 g/mol. The van der Waals surface area contributed by atoms with Crippen molar-refractivity contribution in [2.24, 2.45) is 7.05 Å². The lowest BCUT2D eigenvalue weighted by Crippen LogP contribution is -2.32. The molecule has 0 spiro atoms. The number of nitrogens with one attached hydrogen (secondary N) is 1. The molecule has 1 heterocycles. The molecule has 1 unspecified atom stereocenters. The number of hydrogen-bond donors (Lipinski definition) is 1. The summed E-state index contributed by atoms with van der Waals surface area (Å²) in [6.07, 6.45) is 0.720. The standard InChI is InChI=1S/C21H24N4OS/c1-4-18(20(26)22-14-16-8-6-5-7-9-16)27-21-24-23-19(25(21)3)17-12-10-15(2)11-13-17/h5-13,18H,4,14H2,1-3H3,(H,22,26). The molecule has 0 aliphatic carbocycles. The first-order valence-corrected chi connectivity index (χ1v) is 9.91. The van der Waals surface area contributed by atoms with Crippen LogP contribution in [0.2, 0.25) is 0 Å². The fraction of sp³-hybridized carbons (Fsp3) is 0.286. The molecule has 27 heavy (non-hydrogen) atoms. The third-order valence-electron chi connectivity index (χ3n) is 4.37. The molecule has 0 radical (unpaired) electrons. The van der Waals surface area contributed by atoms with Crippen molar-refractivity contribution in [3.8, 4) is 11.4 Å². The summed E-state index contributed by atoms with van der Waals surface area (Å²) in [6.45, 7) is 4.60. The zero-order chi connectivity index (χ0) is 19.2. The van der Waals surface area contributed by atoms with Crippen LogP contribution in [-0.2, 0) is 18.4 Å². The summed E-state index contributed by atoms with van der Waals surface area (Å²) in [5.41, 5.74) is 3.31. The van der Waals surface area contributed by atoms with E-state index >= 15 is 0 Å². The maximum atomic E-state index is 12.6. The van der Waals surface area contributed by atoms with Gasteiger partial charge in [-0.15, -0.1) is 10.2 Å². The number of rotatable bonds is 7. The number of aromatic nitrogens is 3. The van der Waals surface area contributed by atoms with E-state index in [0.29, 0.717) is 6.54 Å². The molecule has 3 aromatic rings. The van der Waals surface area contributed by atoms with Crippen LogP contribution in [0.3, 0.4) is 0 Å². The molecular formula is C21H24N4OS. The van der Waals surface area contributed by atoms with Crippen LogP contribution in [0.4, 0.5) is 0 Å². The Labute approximate surface area is 164 Å². The molecule has 0 saturated heterocycles. The molecule has 0 bridgehead atoms. The van der Waals surface area contributed by atoms with Crippen molar-refractivity contribution in [1.29, 1.82) is 0 Å². The van der Waals surface area contributed by atoms with Gasteiger partial charge in [-0.2, -0.15) is 0 Å². The van der Waals surface area contributed by atoms with Crippen LogP contribution >= 0.6 is 11.8 Å². The number of amides is 1. The second-order valence-corrected chi connectivity index (χ2v) is 7.62. The van der Waals surface area contributed by atoms with E-state index in [-0.39, 0.29) is 11.2 Å². The van der Waals surface area contributed by atoms with Crippen LogP contribution in [0, 0.1) is 6.92 Å². The Hall–Kier alpha value is -2.60. The van der Waals surface area contributed by atoms with Crippen molar-refractivity contribution in [2.45, 2.75) is 37.2 Å². The first-order chi connectivity index (χ1) is 13.1. The molecule has 3 rings (SSSR count). The zero-order valence-electron chi connectivity index (χ0n) is 15.8. The normalized spacial score (nSPS) is 12.0. The maximum Gasteiger partial charge on any atom is 0.233 e. The van der Waals surface area contributed by atoms with Crippen molar-refractivity contribution in [1.82, 2.24) is 20.1 Å². The Morgan fingerprint density at radius 2 is 1.81 bits per heavy atom. The minimum atomic E-state index is -0.206. The van der Waals surface area contributed by atoms with Crippen molar-refractivity contribution in [2.75, 3.05) is 0 Å². The maximum absolute atomic E-state index is 12.6. The predicted octanol–water partition coefficient (Wildman–Crippen LogP) is 3.98. The van der Waals surface area contributed by atoms with E-state index in [4.69, 9.17) is 0 Å². The fourth-order valence-corrected chi connectivity index (χ4v) is 3.66. The average Bonchev–Trinajstić information content (AvgIpc) is 3.06. The molecule has 1 N–H and O–H groups in total. The van der Waals surface area contributed by atoms with E-state index in [1.807, 2.05) is 61.0 Å². The third kappa shape index (κ3) is 4.77. The van der Waals surface area contributed by atoms with E-state index < -0.39 is 0 Å². The van der Waals surface area contributed by atoms with Gasteiger partial charge >= 0.3 is 0 Å². The largest absolute Gasteiger partial charge is 0.351 e. The Balaban J connectivity index is 1.67. The van der Waals surface area contributed by atoms with E-state index in [1.165, 1.54) is 17.3 Å². The van der Waals surface area contributed by atoms with Gasteiger partial charge in [-0.05, 0) is 18.9 Å². The highest BCUT2D eigenvalue weighted by atomic mass is 32.2. The third-order valence-corrected chi connectivity index (χ3v) is 5.76. The molecular weight excluding hydrogens is 356 g/mol. The number of nitrogens with zero attached hydrogens (tertiary/aromatic N) is 3. The fourth-order valence-electron chi connectivity index (χ4n) is 2.72. The molecule has 140 valence electrons. The minimum Gasteiger partial charge on any atom is -0.351 e. The number of carbonyl (C=O) groups is 1. The summed E-state index contributed by atoms with van der Waals surface area (Å²) >= 11 is 1.45. The summed E-state index contributed by atoms with van der Waals surface area (Å²) in [5, 5.41) is 12.2. The number of benzene rings is 2. The number of carbonyl (C=O) groups excluding carboxylic acids is 1. The van der Waals surface area contributed by atoms with E-state index in [9.17, 15) is 4.79 Å². The summed E-state index contributed by atoms with van der Waals surface area (Å²) in [6, 6.07) is 18.1.